The van der Waals surface area contributed by atoms with Crippen LogP contribution in [0.1, 0.15) is 24.2 Å². The molecule has 31 heavy (non-hydrogen) atoms. The third kappa shape index (κ3) is 2.85. The molecule has 0 amide bonds. The third-order valence-electron chi connectivity index (χ3n) is 6.56. The van der Waals surface area contributed by atoms with E-state index in [1.165, 1.54) is 18.4 Å². The van der Waals surface area contributed by atoms with Gasteiger partial charge in [0.15, 0.2) is 5.65 Å². The summed E-state index contributed by atoms with van der Waals surface area (Å²) in [6.45, 7) is 1.96. The quantitative estimate of drug-likeness (QED) is 0.450. The molecule has 0 saturated heterocycles. The molecule has 0 atom stereocenters. The summed E-state index contributed by atoms with van der Waals surface area (Å²) in [4.78, 5) is 5.11. The Kier molecular flexibility index (Phi) is 3.95. The maximum atomic E-state index is 5.11. The first-order valence-corrected chi connectivity index (χ1v) is 10.7. The molecule has 5 heteroatoms. The van der Waals surface area contributed by atoms with Crippen LogP contribution in [0.4, 0.5) is 0 Å². The Bertz CT molecular complexity index is 1410. The van der Waals surface area contributed by atoms with E-state index >= 15 is 0 Å². The Hall–Kier alpha value is -3.57. The van der Waals surface area contributed by atoms with Crippen LogP contribution in [0.5, 0.6) is 0 Å². The molecule has 6 rings (SSSR count). The Balaban J connectivity index is 1.58. The van der Waals surface area contributed by atoms with Crippen molar-refractivity contribution >= 4 is 16.6 Å². The molecule has 152 valence electrons. The van der Waals surface area contributed by atoms with Crippen LogP contribution in [0.3, 0.4) is 0 Å². The second-order valence-electron chi connectivity index (χ2n) is 8.35. The maximum absolute atomic E-state index is 5.11. The lowest BCUT2D eigenvalue weighted by molar-refractivity contribution is 0.586. The zero-order valence-corrected chi connectivity index (χ0v) is 17.6. The Morgan fingerprint density at radius 1 is 0.903 bits per heavy atom. The van der Waals surface area contributed by atoms with Crippen molar-refractivity contribution < 1.29 is 0 Å². The van der Waals surface area contributed by atoms with Crippen molar-refractivity contribution in [2.45, 2.75) is 25.3 Å². The van der Waals surface area contributed by atoms with Crippen LogP contribution in [-0.2, 0) is 5.54 Å². The van der Waals surface area contributed by atoms with Crippen LogP contribution in [0.15, 0.2) is 72.9 Å². The second-order valence-corrected chi connectivity index (χ2v) is 8.35. The number of pyridine rings is 2. The van der Waals surface area contributed by atoms with Crippen LogP contribution in [0.2, 0.25) is 0 Å². The Labute approximate surface area is 180 Å². The summed E-state index contributed by atoms with van der Waals surface area (Å²) >= 11 is 0. The van der Waals surface area contributed by atoms with E-state index in [-0.39, 0.29) is 5.54 Å². The summed E-state index contributed by atoms with van der Waals surface area (Å²) in [6, 6.07) is 23.6. The first-order valence-electron chi connectivity index (χ1n) is 10.7. The van der Waals surface area contributed by atoms with Crippen molar-refractivity contribution in [2.75, 3.05) is 7.05 Å². The molecular formula is C26H23N5. The zero-order valence-electron chi connectivity index (χ0n) is 17.6. The minimum Gasteiger partial charge on any atom is -0.310 e. The summed E-state index contributed by atoms with van der Waals surface area (Å²) in [7, 11) is 2.05. The molecule has 1 saturated carbocycles. The summed E-state index contributed by atoms with van der Waals surface area (Å²) in [5, 5.41) is 13.1. The summed E-state index contributed by atoms with van der Waals surface area (Å²) in [6.07, 6.45) is 4.39. The van der Waals surface area contributed by atoms with Gasteiger partial charge in [-0.2, -0.15) is 0 Å². The monoisotopic (exact) mass is 405 g/mol. The molecule has 2 aromatic carbocycles. The molecule has 0 aliphatic heterocycles. The molecule has 5 nitrogen and oxygen atoms in total. The SMILES string of the molecule is CNC1(c2ccc(-c3nc4ccn5c(C)nnc5c4cc3-c3ccccc3)cc2)CC1. The number of nitrogens with one attached hydrogen (secondary N) is 1. The van der Waals surface area contributed by atoms with Crippen LogP contribution in [0, 0.1) is 6.92 Å². The van der Waals surface area contributed by atoms with Gasteiger partial charge in [0.2, 0.25) is 0 Å². The fraction of sp³-hybridized carbons (Fsp3) is 0.192. The molecule has 3 aromatic heterocycles. The minimum absolute atomic E-state index is 0.161. The van der Waals surface area contributed by atoms with Crippen LogP contribution in [-0.4, -0.2) is 26.6 Å². The van der Waals surface area contributed by atoms with E-state index in [4.69, 9.17) is 4.98 Å². The van der Waals surface area contributed by atoms with Crippen LogP contribution in [0.25, 0.3) is 38.9 Å². The minimum atomic E-state index is 0.161. The molecule has 0 bridgehead atoms. The summed E-state index contributed by atoms with van der Waals surface area (Å²) in [5.41, 5.74) is 7.62. The van der Waals surface area contributed by atoms with Gasteiger partial charge in [0.05, 0.1) is 11.2 Å². The number of hydrogen-bond acceptors (Lipinski definition) is 4. The van der Waals surface area contributed by atoms with E-state index in [1.807, 2.05) is 36.7 Å². The second kappa shape index (κ2) is 6.72. The van der Waals surface area contributed by atoms with E-state index in [1.54, 1.807) is 0 Å². The predicted molar refractivity (Wildman–Crippen MR) is 124 cm³/mol. The van der Waals surface area contributed by atoms with Crippen LogP contribution < -0.4 is 5.32 Å². The highest BCUT2D eigenvalue weighted by Crippen LogP contribution is 2.45. The van der Waals surface area contributed by atoms with E-state index < -0.39 is 0 Å². The van der Waals surface area contributed by atoms with Gasteiger partial charge < -0.3 is 5.32 Å². The fourth-order valence-electron chi connectivity index (χ4n) is 4.52. The third-order valence-corrected chi connectivity index (χ3v) is 6.56. The van der Waals surface area contributed by atoms with Crippen molar-refractivity contribution in [1.29, 1.82) is 0 Å². The molecule has 1 fully saturated rings. The number of fused-ring (bicyclic) bond motifs is 3. The van der Waals surface area contributed by atoms with Crippen molar-refractivity contribution in [1.82, 2.24) is 24.9 Å². The van der Waals surface area contributed by atoms with E-state index in [9.17, 15) is 0 Å². The lowest BCUT2D eigenvalue weighted by Gasteiger charge is -2.16. The molecule has 0 unspecified atom stereocenters. The molecule has 5 aromatic rings. The molecule has 3 heterocycles. The Morgan fingerprint density at radius 2 is 1.68 bits per heavy atom. The van der Waals surface area contributed by atoms with Gasteiger partial charge in [-0.3, -0.25) is 4.40 Å². The molecule has 1 N–H and O–H groups in total. The molecule has 1 aliphatic rings. The average Bonchev–Trinajstić information content (AvgIpc) is 3.55. The zero-order chi connectivity index (χ0) is 21.0. The van der Waals surface area contributed by atoms with Gasteiger partial charge in [-0.15, -0.1) is 10.2 Å². The normalized spacial score (nSPS) is 14.9. The molecule has 0 radical (unpaired) electrons. The average molecular weight is 406 g/mol. The van der Waals surface area contributed by atoms with E-state index in [2.05, 4.69) is 70.1 Å². The lowest BCUT2D eigenvalue weighted by Crippen LogP contribution is -2.24. The lowest BCUT2D eigenvalue weighted by atomic mass is 9.96. The van der Waals surface area contributed by atoms with Crippen molar-refractivity contribution in [2.24, 2.45) is 0 Å². The van der Waals surface area contributed by atoms with Crippen molar-refractivity contribution in [3.8, 4) is 22.4 Å². The van der Waals surface area contributed by atoms with E-state index in [0.29, 0.717) is 0 Å². The van der Waals surface area contributed by atoms with Crippen molar-refractivity contribution in [3.63, 3.8) is 0 Å². The highest BCUT2D eigenvalue weighted by atomic mass is 15.2. The smallest absolute Gasteiger partial charge is 0.170 e. The fourth-order valence-corrected chi connectivity index (χ4v) is 4.52. The summed E-state index contributed by atoms with van der Waals surface area (Å²) < 4.78 is 2.01. The topological polar surface area (TPSA) is 55.1 Å². The van der Waals surface area contributed by atoms with Crippen molar-refractivity contribution in [3.05, 3.63) is 84.3 Å². The first-order chi connectivity index (χ1) is 15.2. The van der Waals surface area contributed by atoms with Gasteiger partial charge >= 0.3 is 0 Å². The van der Waals surface area contributed by atoms with Gasteiger partial charge in [0.25, 0.3) is 0 Å². The molecular weight excluding hydrogens is 382 g/mol. The van der Waals surface area contributed by atoms with Gasteiger partial charge in [0.1, 0.15) is 5.82 Å². The number of aryl methyl sites for hydroxylation is 1. The molecule has 0 spiro atoms. The standard InChI is InChI=1S/C26H23N5/c1-17-29-30-25-22-16-21(18-6-4-3-5-7-18)24(28-23(22)12-15-31(17)25)19-8-10-20(11-9-19)26(27-2)13-14-26/h3-12,15-16,27H,13-14H2,1-2H3. The Morgan fingerprint density at radius 3 is 2.39 bits per heavy atom. The molecule has 1 aliphatic carbocycles. The number of hydrogen-bond donors (Lipinski definition) is 1. The number of benzene rings is 2. The first kappa shape index (κ1) is 18.2. The van der Waals surface area contributed by atoms with Gasteiger partial charge in [0, 0.05) is 28.2 Å². The van der Waals surface area contributed by atoms with Gasteiger partial charge in [-0.05, 0) is 50.1 Å². The highest BCUT2D eigenvalue weighted by Gasteiger charge is 2.42. The van der Waals surface area contributed by atoms with Gasteiger partial charge in [-0.25, -0.2) is 4.98 Å². The maximum Gasteiger partial charge on any atom is 0.170 e. The van der Waals surface area contributed by atoms with E-state index in [0.717, 1.165) is 44.8 Å². The highest BCUT2D eigenvalue weighted by molar-refractivity contribution is 5.98. The number of aromatic nitrogens is 4. The predicted octanol–water partition coefficient (Wildman–Crippen LogP) is 5.13. The van der Waals surface area contributed by atoms with Crippen LogP contribution >= 0.6 is 0 Å². The number of rotatable bonds is 4. The summed E-state index contributed by atoms with van der Waals surface area (Å²) in [5.74, 6) is 0.872. The van der Waals surface area contributed by atoms with Gasteiger partial charge in [-0.1, -0.05) is 54.6 Å². The largest absolute Gasteiger partial charge is 0.310 e. The number of nitrogens with zero attached hydrogens (tertiary/aromatic N) is 4.